The highest BCUT2D eigenvalue weighted by atomic mass is 19.4. The molecule has 0 unspecified atom stereocenters. The molecule has 3 heterocycles. The molecule has 6 aromatic rings. The quantitative estimate of drug-likeness (QED) is 0.120. The topological polar surface area (TPSA) is 139 Å². The normalized spacial score (nSPS) is 14.1. The Morgan fingerprint density at radius 3 is 1.01 bits per heavy atom. The van der Waals surface area contributed by atoms with Gasteiger partial charge in [-0.3, -0.25) is 14.7 Å². The number of rotatable bonds is 6. The fraction of sp³-hybridized carbons (Fsp3) is 0.0625. The van der Waals surface area contributed by atoms with Crippen LogP contribution in [0.15, 0.2) is 176 Å². The molecule has 0 N–H and O–H groups in total. The van der Waals surface area contributed by atoms with Crippen LogP contribution in [0.5, 0.6) is 0 Å². The third-order valence-electron chi connectivity index (χ3n) is 10.3. The average Bonchev–Trinajstić information content (AvgIpc) is 3.33. The minimum Gasteiger partial charge on any atom is -0.279 e. The number of aliphatic imine (C=N–C) groups is 6. The molecule has 6 aromatic carbocycles. The average molecular weight is 900 g/mol. The van der Waals surface area contributed by atoms with Crippen LogP contribution in [0.1, 0.15) is 27.8 Å². The first kappa shape index (κ1) is 42.9. The standard InChI is InChI=1S/C48H27F6N13/c1-29-3-15-35(16-4-29)64(36-17-5-30(27-55)6-18-36)41-58-44-60-42(65(37-19-7-31(28-56)8-20-37)38-21-9-32(10-22-38)47(49,50)51)61-46-63-43(62-45(59-41)67(44)46)66(40-25-13-34(57-2)14-26-40)39-23-11-33(12-24-39)48(52,53)54/h3-26H,1H3. The van der Waals surface area contributed by atoms with Crippen LogP contribution in [-0.4, -0.2) is 40.7 Å². The highest BCUT2D eigenvalue weighted by molar-refractivity contribution is 6.34. The van der Waals surface area contributed by atoms with Crippen molar-refractivity contribution in [2.24, 2.45) is 30.0 Å². The molecule has 0 aliphatic carbocycles. The van der Waals surface area contributed by atoms with E-state index in [0.29, 0.717) is 33.9 Å². The van der Waals surface area contributed by atoms with Gasteiger partial charge in [-0.25, -0.2) is 9.74 Å². The fourth-order valence-corrected chi connectivity index (χ4v) is 7.03. The summed E-state index contributed by atoms with van der Waals surface area (Å²) in [6.45, 7) is 9.41. The lowest BCUT2D eigenvalue weighted by Gasteiger charge is -2.36. The van der Waals surface area contributed by atoms with E-state index in [1.807, 2.05) is 37.3 Å². The molecule has 0 spiro atoms. The molecule has 3 aliphatic rings. The van der Waals surface area contributed by atoms with Crippen molar-refractivity contribution in [3.05, 3.63) is 185 Å². The first-order valence-corrected chi connectivity index (χ1v) is 19.8. The molecule has 0 radical (unpaired) electrons. The number of benzene rings is 6. The van der Waals surface area contributed by atoms with Gasteiger partial charge < -0.3 is 0 Å². The highest BCUT2D eigenvalue weighted by Gasteiger charge is 2.40. The molecular formula is C48H27F6N13. The van der Waals surface area contributed by atoms with Gasteiger partial charge in [-0.2, -0.15) is 66.8 Å². The number of hydrogen-bond acceptors (Lipinski definition) is 12. The van der Waals surface area contributed by atoms with Crippen molar-refractivity contribution in [2.75, 3.05) is 14.7 Å². The molecule has 13 nitrogen and oxygen atoms in total. The number of halogens is 6. The summed E-state index contributed by atoms with van der Waals surface area (Å²) in [4.78, 5) is 38.5. The Bertz CT molecular complexity index is 3100. The largest absolute Gasteiger partial charge is 0.416 e. The number of guanidine groups is 6. The number of nitrogens with zero attached hydrogens (tertiary/aromatic N) is 13. The van der Waals surface area contributed by atoms with Crippen molar-refractivity contribution in [1.82, 2.24) is 4.90 Å². The summed E-state index contributed by atoms with van der Waals surface area (Å²) in [5.41, 5.74) is 2.23. The van der Waals surface area contributed by atoms with Crippen molar-refractivity contribution in [2.45, 2.75) is 19.3 Å². The van der Waals surface area contributed by atoms with E-state index in [-0.39, 0.29) is 52.8 Å². The Morgan fingerprint density at radius 2 is 0.731 bits per heavy atom. The lowest BCUT2D eigenvalue weighted by atomic mass is 10.1. The highest BCUT2D eigenvalue weighted by Crippen LogP contribution is 2.37. The third-order valence-corrected chi connectivity index (χ3v) is 10.3. The van der Waals surface area contributed by atoms with Gasteiger partial charge in [-0.1, -0.05) is 29.8 Å². The monoisotopic (exact) mass is 899 g/mol. The second-order valence-corrected chi connectivity index (χ2v) is 14.7. The lowest BCUT2D eigenvalue weighted by Crippen LogP contribution is -2.51. The smallest absolute Gasteiger partial charge is 0.279 e. The summed E-state index contributed by atoms with van der Waals surface area (Å²) < 4.78 is 83.0. The number of hydrogen-bond donors (Lipinski definition) is 0. The van der Waals surface area contributed by atoms with E-state index in [1.54, 1.807) is 53.4 Å². The first-order chi connectivity index (χ1) is 32.2. The summed E-state index contributed by atoms with van der Waals surface area (Å²) in [5, 5.41) is 19.2. The maximum absolute atomic E-state index is 13.8. The Hall–Kier alpha value is -9.41. The van der Waals surface area contributed by atoms with Gasteiger partial charge in [-0.05, 0) is 128 Å². The maximum Gasteiger partial charge on any atom is 0.416 e. The van der Waals surface area contributed by atoms with Crippen molar-refractivity contribution >= 4 is 75.6 Å². The molecule has 0 atom stereocenters. The van der Waals surface area contributed by atoms with Crippen LogP contribution < -0.4 is 14.7 Å². The van der Waals surface area contributed by atoms with E-state index < -0.39 is 23.5 Å². The van der Waals surface area contributed by atoms with Crippen molar-refractivity contribution < 1.29 is 26.3 Å². The molecular weight excluding hydrogens is 873 g/mol. The predicted molar refractivity (Wildman–Crippen MR) is 242 cm³/mol. The number of anilines is 6. The van der Waals surface area contributed by atoms with Crippen molar-refractivity contribution in [3.8, 4) is 12.1 Å². The minimum absolute atomic E-state index is 0.00565. The summed E-state index contributed by atoms with van der Waals surface area (Å²) in [6.07, 6.45) is -9.30. The summed E-state index contributed by atoms with van der Waals surface area (Å²) in [7, 11) is 0. The summed E-state index contributed by atoms with van der Waals surface area (Å²) >= 11 is 0. The van der Waals surface area contributed by atoms with E-state index in [1.165, 1.54) is 63.2 Å². The SMILES string of the molecule is [C-]#[N+]c1ccc(N(C2=NC3=NC(N(c4ccc(C#N)cc4)c4ccc(C(F)(F)F)cc4)=NC4=NC(N(c5ccc(C)cc5)c5ccc(C#N)cc5)=NC(=N2)N43)c2ccc(C(F)(F)F)cc2)cc1. The molecule has 0 aromatic heterocycles. The second kappa shape index (κ2) is 16.9. The van der Waals surface area contributed by atoms with Crippen LogP contribution in [0.2, 0.25) is 0 Å². The number of alkyl halides is 6. The van der Waals surface area contributed by atoms with Gasteiger partial charge >= 0.3 is 12.4 Å². The molecule has 0 fully saturated rings. The van der Waals surface area contributed by atoms with Crippen LogP contribution in [-0.2, 0) is 12.4 Å². The van der Waals surface area contributed by atoms with E-state index >= 15 is 0 Å². The van der Waals surface area contributed by atoms with Gasteiger partial charge in [0.1, 0.15) is 0 Å². The summed E-state index contributed by atoms with van der Waals surface area (Å²) in [5.74, 6) is -0.622. The van der Waals surface area contributed by atoms with Crippen LogP contribution in [0.3, 0.4) is 0 Å². The predicted octanol–water partition coefficient (Wildman–Crippen LogP) is 11.6. The van der Waals surface area contributed by atoms with Gasteiger partial charge in [0, 0.05) is 34.1 Å². The second-order valence-electron chi connectivity index (χ2n) is 14.7. The lowest BCUT2D eigenvalue weighted by molar-refractivity contribution is -0.138. The Morgan fingerprint density at radius 1 is 0.448 bits per heavy atom. The molecule has 9 rings (SSSR count). The number of nitriles is 2. The van der Waals surface area contributed by atoms with Crippen LogP contribution in [0.4, 0.5) is 66.2 Å². The zero-order valence-corrected chi connectivity index (χ0v) is 34.4. The molecule has 0 saturated heterocycles. The zero-order valence-electron chi connectivity index (χ0n) is 34.4. The van der Waals surface area contributed by atoms with E-state index in [0.717, 1.165) is 29.8 Å². The molecule has 0 bridgehead atoms. The number of aryl methyl sites for hydroxylation is 1. The van der Waals surface area contributed by atoms with Gasteiger partial charge in [0.15, 0.2) is 5.69 Å². The molecule has 0 amide bonds. The molecule has 67 heavy (non-hydrogen) atoms. The van der Waals surface area contributed by atoms with Crippen LogP contribution in [0, 0.1) is 36.2 Å². The van der Waals surface area contributed by atoms with Crippen LogP contribution >= 0.6 is 0 Å². The summed E-state index contributed by atoms with van der Waals surface area (Å²) in [6, 6.07) is 39.1. The Kier molecular flexibility index (Phi) is 10.8. The van der Waals surface area contributed by atoms with E-state index in [9.17, 15) is 36.9 Å². The van der Waals surface area contributed by atoms with Gasteiger partial charge in [0.05, 0.1) is 41.0 Å². The molecule has 326 valence electrons. The molecule has 19 heteroatoms. The van der Waals surface area contributed by atoms with Gasteiger partial charge in [-0.15, -0.1) is 0 Å². The third kappa shape index (κ3) is 8.53. The first-order valence-electron chi connectivity index (χ1n) is 19.8. The minimum atomic E-state index is -4.65. The zero-order chi connectivity index (χ0) is 47.0. The molecule has 3 aliphatic heterocycles. The Balaban J connectivity index is 1.29. The van der Waals surface area contributed by atoms with Crippen LogP contribution in [0.25, 0.3) is 4.85 Å². The Labute approximate surface area is 377 Å². The van der Waals surface area contributed by atoms with E-state index in [2.05, 4.69) is 10.9 Å². The van der Waals surface area contributed by atoms with Gasteiger partial charge in [0.2, 0.25) is 35.8 Å². The maximum atomic E-state index is 13.8. The van der Waals surface area contributed by atoms with Crippen molar-refractivity contribution in [3.63, 3.8) is 0 Å². The molecule has 0 saturated carbocycles. The van der Waals surface area contributed by atoms with E-state index in [4.69, 9.17) is 36.5 Å². The fourth-order valence-electron chi connectivity index (χ4n) is 7.03. The van der Waals surface area contributed by atoms with Crippen molar-refractivity contribution in [1.29, 1.82) is 10.5 Å². The van der Waals surface area contributed by atoms with Gasteiger partial charge in [0.25, 0.3) is 0 Å².